The van der Waals surface area contributed by atoms with Gasteiger partial charge in [0, 0.05) is 24.5 Å². The maximum Gasteiger partial charge on any atom is 0.491 e. The number of aliphatic hydroxyl groups excluding tert-OH is 1. The summed E-state index contributed by atoms with van der Waals surface area (Å²) < 4.78 is 60.4. The van der Waals surface area contributed by atoms with Gasteiger partial charge in [-0.05, 0) is 37.1 Å². The van der Waals surface area contributed by atoms with Gasteiger partial charge in [-0.3, -0.25) is 10.2 Å². The van der Waals surface area contributed by atoms with Gasteiger partial charge in [0.2, 0.25) is 17.8 Å². The van der Waals surface area contributed by atoms with Crippen molar-refractivity contribution >= 4 is 39.7 Å². The average Bonchev–Trinajstić information content (AvgIpc) is 2.95. The molecule has 2 aromatic carbocycles. The molecule has 15 heteroatoms. The zero-order valence-electron chi connectivity index (χ0n) is 24.2. The lowest BCUT2D eigenvalue weighted by molar-refractivity contribution is -0.189. The van der Waals surface area contributed by atoms with E-state index in [0.29, 0.717) is 47.1 Å². The van der Waals surface area contributed by atoms with Crippen molar-refractivity contribution in [3.63, 3.8) is 0 Å². The Kier molecular flexibility index (Phi) is 9.66. The van der Waals surface area contributed by atoms with E-state index in [9.17, 15) is 23.1 Å². The minimum atomic E-state index is -5.26. The molecule has 12 nitrogen and oxygen atoms in total. The van der Waals surface area contributed by atoms with Gasteiger partial charge >= 0.3 is 12.1 Å². The van der Waals surface area contributed by atoms with Crippen LogP contribution in [0.4, 0.5) is 25.1 Å². The summed E-state index contributed by atoms with van der Waals surface area (Å²) in [7, 11) is 2.99. The number of carbonyl (C=O) groups excluding carboxylic acids is 1. The average molecular weight is 605 g/mol. The second kappa shape index (κ2) is 13.2. The Morgan fingerprint density at radius 3 is 2.30 bits per heavy atom. The molecule has 2 heterocycles. The van der Waals surface area contributed by atoms with Crippen LogP contribution in [0.15, 0.2) is 30.3 Å². The van der Waals surface area contributed by atoms with Gasteiger partial charge in [-0.25, -0.2) is 19.7 Å². The summed E-state index contributed by atoms with van der Waals surface area (Å²) in [5.41, 5.74) is 1.22. The Labute approximate surface area is 244 Å². The number of nitrogens with one attached hydrogen (secondary N) is 1. The zero-order valence-corrected chi connectivity index (χ0v) is 24.2. The van der Waals surface area contributed by atoms with E-state index in [1.165, 1.54) is 26.4 Å². The molecule has 0 aliphatic carbocycles. The van der Waals surface area contributed by atoms with Crippen LogP contribution >= 0.6 is 0 Å². The first kappa shape index (κ1) is 31.4. The van der Waals surface area contributed by atoms with Crippen LogP contribution < -0.4 is 24.3 Å². The summed E-state index contributed by atoms with van der Waals surface area (Å²) >= 11 is 0. The Morgan fingerprint density at radius 2 is 1.65 bits per heavy atom. The summed E-state index contributed by atoms with van der Waals surface area (Å²) in [6, 6.07) is 7.80. The van der Waals surface area contributed by atoms with Crippen molar-refractivity contribution in [3.8, 4) is 23.1 Å². The number of esters is 1. The quantitative estimate of drug-likeness (QED) is 0.175. The smallest absolute Gasteiger partial charge is 0.491 e. The van der Waals surface area contributed by atoms with Crippen molar-refractivity contribution < 1.29 is 42.0 Å². The molecule has 0 radical (unpaired) electrons. The number of nitrogens with zero attached hydrogens (tertiary/aromatic N) is 5. The number of fused-ring (bicyclic) bond motifs is 2. The van der Waals surface area contributed by atoms with Crippen LogP contribution in [0.2, 0.25) is 0 Å². The van der Waals surface area contributed by atoms with E-state index in [4.69, 9.17) is 14.2 Å². The molecule has 230 valence electrons. The van der Waals surface area contributed by atoms with Crippen molar-refractivity contribution in [1.82, 2.24) is 24.8 Å². The Bertz CT molecular complexity index is 1620. The van der Waals surface area contributed by atoms with E-state index in [0.717, 1.165) is 0 Å². The predicted octanol–water partition coefficient (Wildman–Crippen LogP) is 4.40. The molecule has 2 N–H and O–H groups in total. The van der Waals surface area contributed by atoms with Crippen molar-refractivity contribution in [2.75, 3.05) is 46.0 Å². The molecule has 43 heavy (non-hydrogen) atoms. The van der Waals surface area contributed by atoms with Crippen LogP contribution in [0, 0.1) is 12.8 Å². The van der Waals surface area contributed by atoms with Gasteiger partial charge in [0.05, 0.1) is 43.1 Å². The fraction of sp³-hybridized carbons (Fsp3) is 0.393. The summed E-state index contributed by atoms with van der Waals surface area (Å²) in [6.45, 7) is 6.87. The van der Waals surface area contributed by atoms with Crippen LogP contribution in [0.5, 0.6) is 23.1 Å². The van der Waals surface area contributed by atoms with Crippen LogP contribution in [-0.2, 0) is 4.79 Å². The third kappa shape index (κ3) is 7.67. The topological polar surface area (TPSA) is 141 Å². The Hall–Kier alpha value is -4.50. The minimum absolute atomic E-state index is 0.00860. The maximum atomic E-state index is 13.1. The molecule has 0 unspecified atom stereocenters. The van der Waals surface area contributed by atoms with Crippen LogP contribution in [-0.4, -0.2) is 82.7 Å². The second-order valence-electron chi connectivity index (χ2n) is 9.86. The molecule has 0 saturated heterocycles. The van der Waals surface area contributed by atoms with E-state index in [1.54, 1.807) is 30.0 Å². The molecule has 4 aromatic rings. The molecule has 0 atom stereocenters. The van der Waals surface area contributed by atoms with Gasteiger partial charge < -0.3 is 24.1 Å². The van der Waals surface area contributed by atoms with Gasteiger partial charge in [-0.15, -0.1) is 0 Å². The molecule has 2 aromatic heterocycles. The molecular formula is C28H31F3N6O6. The third-order valence-electron chi connectivity index (χ3n) is 6.17. The number of halogens is 3. The van der Waals surface area contributed by atoms with Gasteiger partial charge in [-0.1, -0.05) is 13.8 Å². The molecule has 0 aliphatic heterocycles. The SMILES string of the molecule is COc1cc2nc(Nc3nc(OC(=O)C(F)(F)F)c4cc(OCCN(CO)CC(C)C)ccc4n3)nc(C)c2cc1OC. The normalized spacial score (nSPS) is 11.8. The number of aliphatic hydroxyl groups is 1. The van der Waals surface area contributed by atoms with E-state index < -0.39 is 18.0 Å². The number of methoxy groups -OCH3 is 2. The molecule has 0 bridgehead atoms. The number of hydrogen-bond acceptors (Lipinski definition) is 12. The largest absolute Gasteiger partial charge is 0.493 e. The summed E-state index contributed by atoms with van der Waals surface area (Å²) in [4.78, 5) is 30.8. The van der Waals surface area contributed by atoms with Gasteiger partial charge in [0.15, 0.2) is 11.5 Å². The number of rotatable bonds is 12. The first-order chi connectivity index (χ1) is 20.4. The van der Waals surface area contributed by atoms with Crippen LogP contribution in [0.1, 0.15) is 19.5 Å². The number of carbonyl (C=O) groups is 1. The fourth-order valence-electron chi connectivity index (χ4n) is 4.24. The third-order valence-corrected chi connectivity index (χ3v) is 6.17. The Balaban J connectivity index is 1.67. The second-order valence-corrected chi connectivity index (χ2v) is 9.86. The zero-order chi connectivity index (χ0) is 31.3. The molecule has 4 rings (SSSR count). The van der Waals surface area contributed by atoms with Crippen LogP contribution in [0.3, 0.4) is 0 Å². The molecule has 0 aliphatic rings. The number of hydrogen-bond donors (Lipinski definition) is 2. The molecule has 0 saturated carbocycles. The lowest BCUT2D eigenvalue weighted by Crippen LogP contribution is -2.32. The highest BCUT2D eigenvalue weighted by atomic mass is 19.4. The minimum Gasteiger partial charge on any atom is -0.493 e. The predicted molar refractivity (Wildman–Crippen MR) is 151 cm³/mol. The Morgan fingerprint density at radius 1 is 0.977 bits per heavy atom. The van der Waals surface area contributed by atoms with E-state index in [-0.39, 0.29) is 41.9 Å². The molecule has 0 spiro atoms. The lowest BCUT2D eigenvalue weighted by atomic mass is 10.1. The van der Waals surface area contributed by atoms with Gasteiger partial charge in [0.25, 0.3) is 0 Å². The van der Waals surface area contributed by atoms with Crippen molar-refractivity contribution in [3.05, 3.63) is 36.0 Å². The fourth-order valence-corrected chi connectivity index (χ4v) is 4.24. The summed E-state index contributed by atoms with van der Waals surface area (Å²) in [6.07, 6.45) is -5.26. The number of alkyl halides is 3. The highest BCUT2D eigenvalue weighted by Gasteiger charge is 2.42. The van der Waals surface area contributed by atoms with Crippen molar-refractivity contribution in [1.29, 1.82) is 0 Å². The van der Waals surface area contributed by atoms with E-state index in [2.05, 4.69) is 30.0 Å². The number of aromatic nitrogens is 4. The summed E-state index contributed by atoms with van der Waals surface area (Å²) in [5, 5.41) is 13.0. The first-order valence-corrected chi connectivity index (χ1v) is 13.2. The van der Waals surface area contributed by atoms with Gasteiger partial charge in [-0.2, -0.15) is 18.2 Å². The number of aryl methyl sites for hydroxylation is 1. The van der Waals surface area contributed by atoms with Crippen molar-refractivity contribution in [2.24, 2.45) is 5.92 Å². The van der Waals surface area contributed by atoms with E-state index in [1.807, 2.05) is 13.8 Å². The van der Waals surface area contributed by atoms with E-state index >= 15 is 0 Å². The summed E-state index contributed by atoms with van der Waals surface area (Å²) in [5.74, 6) is -1.73. The highest BCUT2D eigenvalue weighted by Crippen LogP contribution is 2.34. The maximum absolute atomic E-state index is 13.1. The lowest BCUT2D eigenvalue weighted by Gasteiger charge is -2.21. The van der Waals surface area contributed by atoms with Crippen molar-refractivity contribution in [2.45, 2.75) is 26.9 Å². The molecular weight excluding hydrogens is 573 g/mol. The first-order valence-electron chi connectivity index (χ1n) is 13.2. The monoisotopic (exact) mass is 604 g/mol. The standard InChI is InChI=1S/C28H31F3N6O6/c1-15(2)13-37(14-38)8-9-42-17-6-7-20-19(10-17)24(43-25(39)28(29,30)31)35-27(33-20)36-26-32-16(3)18-11-22(40-4)23(41-5)12-21(18)34-26/h6-7,10-12,15,38H,8-9,13-14H2,1-5H3,(H,32,33,34,35,36). The highest BCUT2D eigenvalue weighted by molar-refractivity contribution is 5.90. The number of anilines is 2. The van der Waals surface area contributed by atoms with Gasteiger partial charge in [0.1, 0.15) is 12.4 Å². The number of ether oxygens (including phenoxy) is 4. The van der Waals surface area contributed by atoms with Crippen LogP contribution in [0.25, 0.3) is 21.8 Å². The molecule has 0 fully saturated rings. The molecule has 0 amide bonds. The number of benzene rings is 2.